The molecule has 2 aromatic rings. The number of anilines is 1. The topological polar surface area (TPSA) is 69.0 Å². The fourth-order valence-corrected chi connectivity index (χ4v) is 3.24. The van der Waals surface area contributed by atoms with Gasteiger partial charge in [0.05, 0.1) is 6.04 Å². The minimum Gasteiger partial charge on any atom is -0.374 e. The predicted octanol–water partition coefficient (Wildman–Crippen LogP) is 2.51. The zero-order valence-corrected chi connectivity index (χ0v) is 14.5. The summed E-state index contributed by atoms with van der Waals surface area (Å²) >= 11 is 0. The van der Waals surface area contributed by atoms with E-state index in [9.17, 15) is 4.79 Å². The Bertz CT molecular complexity index is 785. The second-order valence-corrected chi connectivity index (χ2v) is 6.17. The minimum atomic E-state index is 0.0475. The van der Waals surface area contributed by atoms with Crippen LogP contribution in [0.15, 0.2) is 23.0 Å². The van der Waals surface area contributed by atoms with E-state index in [4.69, 9.17) is 4.74 Å². The van der Waals surface area contributed by atoms with E-state index >= 15 is 0 Å². The molecule has 0 amide bonds. The van der Waals surface area contributed by atoms with Crippen molar-refractivity contribution in [2.45, 2.75) is 45.8 Å². The molecule has 0 bridgehead atoms. The van der Waals surface area contributed by atoms with Crippen molar-refractivity contribution in [3.05, 3.63) is 51.3 Å². The van der Waals surface area contributed by atoms with Crippen molar-refractivity contribution in [2.24, 2.45) is 7.05 Å². The highest BCUT2D eigenvalue weighted by Crippen LogP contribution is 2.31. The number of aryl methyl sites for hydroxylation is 1. The highest BCUT2D eigenvalue weighted by Gasteiger charge is 2.22. The zero-order valence-electron chi connectivity index (χ0n) is 14.5. The predicted molar refractivity (Wildman–Crippen MR) is 93.1 cm³/mol. The lowest BCUT2D eigenvalue weighted by Crippen LogP contribution is -2.27. The van der Waals surface area contributed by atoms with Crippen LogP contribution in [-0.2, 0) is 24.8 Å². The highest BCUT2D eigenvalue weighted by molar-refractivity contribution is 5.41. The molecule has 1 aliphatic rings. The first kappa shape index (κ1) is 16.6. The molecule has 1 atom stereocenters. The Labute approximate surface area is 141 Å². The first-order valence-electron chi connectivity index (χ1n) is 8.46. The van der Waals surface area contributed by atoms with Crippen LogP contribution in [0.2, 0.25) is 0 Å². The molecule has 1 aliphatic carbocycles. The summed E-state index contributed by atoms with van der Waals surface area (Å²) in [7, 11) is 1.85. The summed E-state index contributed by atoms with van der Waals surface area (Å²) in [4.78, 5) is 20.8. The molecular weight excluding hydrogens is 304 g/mol. The van der Waals surface area contributed by atoms with Crippen molar-refractivity contribution in [3.63, 3.8) is 0 Å². The summed E-state index contributed by atoms with van der Waals surface area (Å²) in [6, 6.07) is 5.70. The number of pyridine rings is 1. The molecule has 24 heavy (non-hydrogen) atoms. The Balaban J connectivity index is 1.87. The average Bonchev–Trinajstić information content (AvgIpc) is 2.56. The molecule has 0 aromatic carbocycles. The van der Waals surface area contributed by atoms with Crippen LogP contribution in [0.25, 0.3) is 0 Å². The molecule has 0 spiro atoms. The van der Waals surface area contributed by atoms with Crippen LogP contribution < -0.4 is 10.9 Å². The van der Waals surface area contributed by atoms with Crippen LogP contribution in [0.4, 0.5) is 5.82 Å². The lowest BCUT2D eigenvalue weighted by atomic mass is 9.91. The summed E-state index contributed by atoms with van der Waals surface area (Å²) in [5.41, 5.74) is 3.27. The lowest BCUT2D eigenvalue weighted by molar-refractivity contribution is 0.128. The van der Waals surface area contributed by atoms with Gasteiger partial charge in [0.25, 0.3) is 0 Å². The normalized spacial score (nSPS) is 16.7. The molecule has 0 aliphatic heterocycles. The van der Waals surface area contributed by atoms with E-state index in [1.54, 1.807) is 10.6 Å². The van der Waals surface area contributed by atoms with Crippen molar-refractivity contribution in [2.75, 3.05) is 11.9 Å². The van der Waals surface area contributed by atoms with Gasteiger partial charge in [-0.2, -0.15) is 0 Å². The van der Waals surface area contributed by atoms with E-state index in [0.29, 0.717) is 19.0 Å². The molecule has 0 radical (unpaired) electrons. The van der Waals surface area contributed by atoms with Crippen molar-refractivity contribution in [1.82, 2.24) is 14.5 Å². The number of hydrogen-bond donors (Lipinski definition) is 1. The molecule has 0 saturated heterocycles. The van der Waals surface area contributed by atoms with E-state index in [2.05, 4.69) is 15.3 Å². The van der Waals surface area contributed by atoms with E-state index in [1.807, 2.05) is 33.0 Å². The fourth-order valence-electron chi connectivity index (χ4n) is 3.24. The van der Waals surface area contributed by atoms with Crippen LogP contribution in [0.5, 0.6) is 0 Å². The van der Waals surface area contributed by atoms with E-state index in [0.717, 1.165) is 36.5 Å². The number of hydrogen-bond acceptors (Lipinski definition) is 5. The molecule has 6 nitrogen and oxygen atoms in total. The number of nitrogens with one attached hydrogen (secondary N) is 1. The maximum atomic E-state index is 11.9. The van der Waals surface area contributed by atoms with Gasteiger partial charge < -0.3 is 14.6 Å². The standard InChI is InChI=1S/C18H24N4O2/c1-4-24-11-17-19-12(2)10-16(21-17)20-14-6-5-7-15-13(14)8-9-18(23)22(15)3/h8-10,14H,4-7,11H2,1-3H3,(H,19,20,21). The van der Waals surface area contributed by atoms with Gasteiger partial charge in [0.15, 0.2) is 5.82 Å². The zero-order chi connectivity index (χ0) is 17.1. The summed E-state index contributed by atoms with van der Waals surface area (Å²) in [5, 5.41) is 3.52. The molecule has 128 valence electrons. The summed E-state index contributed by atoms with van der Waals surface area (Å²) < 4.78 is 7.17. The van der Waals surface area contributed by atoms with Crippen LogP contribution >= 0.6 is 0 Å². The van der Waals surface area contributed by atoms with Crippen molar-refractivity contribution < 1.29 is 4.74 Å². The Hall–Kier alpha value is -2.21. The Morgan fingerprint density at radius 3 is 3.00 bits per heavy atom. The van der Waals surface area contributed by atoms with Gasteiger partial charge in [-0.1, -0.05) is 0 Å². The SMILES string of the molecule is CCOCc1nc(C)cc(NC2CCCc3c2ccc(=O)n3C)n1. The Morgan fingerprint density at radius 2 is 2.21 bits per heavy atom. The summed E-state index contributed by atoms with van der Waals surface area (Å²) in [5.74, 6) is 1.50. The first-order chi connectivity index (χ1) is 11.6. The molecule has 2 heterocycles. The Kier molecular flexibility index (Phi) is 4.94. The van der Waals surface area contributed by atoms with Gasteiger partial charge in [0.1, 0.15) is 12.4 Å². The lowest BCUT2D eigenvalue weighted by Gasteiger charge is -2.28. The maximum absolute atomic E-state index is 11.9. The van der Waals surface area contributed by atoms with Gasteiger partial charge in [-0.3, -0.25) is 4.79 Å². The number of nitrogens with zero attached hydrogens (tertiary/aromatic N) is 3. The van der Waals surface area contributed by atoms with Crippen LogP contribution in [0.1, 0.15) is 48.6 Å². The molecule has 0 saturated carbocycles. The molecule has 2 aromatic heterocycles. The number of rotatable bonds is 5. The van der Waals surface area contributed by atoms with E-state index < -0.39 is 0 Å². The quantitative estimate of drug-likeness (QED) is 0.913. The van der Waals surface area contributed by atoms with Crippen LogP contribution in [0.3, 0.4) is 0 Å². The second kappa shape index (κ2) is 7.13. The van der Waals surface area contributed by atoms with Gasteiger partial charge in [-0.25, -0.2) is 9.97 Å². The van der Waals surface area contributed by atoms with Crippen molar-refractivity contribution in [3.8, 4) is 0 Å². The molecule has 1 unspecified atom stereocenters. The van der Waals surface area contributed by atoms with E-state index in [1.165, 1.54) is 5.56 Å². The number of ether oxygens (including phenoxy) is 1. The van der Waals surface area contributed by atoms with Gasteiger partial charge in [-0.15, -0.1) is 0 Å². The molecule has 6 heteroatoms. The number of aromatic nitrogens is 3. The third kappa shape index (κ3) is 3.48. The van der Waals surface area contributed by atoms with Gasteiger partial charge in [0.2, 0.25) is 5.56 Å². The third-order valence-corrected chi connectivity index (χ3v) is 4.41. The minimum absolute atomic E-state index is 0.0475. The smallest absolute Gasteiger partial charge is 0.250 e. The van der Waals surface area contributed by atoms with E-state index in [-0.39, 0.29) is 11.6 Å². The third-order valence-electron chi connectivity index (χ3n) is 4.41. The molecule has 0 fully saturated rings. The van der Waals surface area contributed by atoms with Crippen LogP contribution in [0, 0.1) is 6.92 Å². The Morgan fingerprint density at radius 1 is 1.38 bits per heavy atom. The van der Waals surface area contributed by atoms with Crippen molar-refractivity contribution in [1.29, 1.82) is 0 Å². The first-order valence-corrected chi connectivity index (χ1v) is 8.46. The highest BCUT2D eigenvalue weighted by atomic mass is 16.5. The van der Waals surface area contributed by atoms with Crippen LogP contribution in [-0.4, -0.2) is 21.1 Å². The molecule has 3 rings (SSSR count). The van der Waals surface area contributed by atoms with Gasteiger partial charge in [-0.05, 0) is 44.7 Å². The van der Waals surface area contributed by atoms with Gasteiger partial charge in [0, 0.05) is 37.2 Å². The fraction of sp³-hybridized carbons (Fsp3) is 0.500. The summed E-state index contributed by atoms with van der Waals surface area (Å²) in [6.45, 7) is 4.98. The van der Waals surface area contributed by atoms with Crippen molar-refractivity contribution >= 4 is 5.82 Å². The summed E-state index contributed by atoms with van der Waals surface area (Å²) in [6.07, 6.45) is 3.02. The average molecular weight is 328 g/mol. The molecular formula is C18H24N4O2. The monoisotopic (exact) mass is 328 g/mol. The van der Waals surface area contributed by atoms with Gasteiger partial charge >= 0.3 is 0 Å². The molecule has 1 N–H and O–H groups in total. The maximum Gasteiger partial charge on any atom is 0.250 e. The largest absolute Gasteiger partial charge is 0.374 e. The number of fused-ring (bicyclic) bond motifs is 1. The second-order valence-electron chi connectivity index (χ2n) is 6.17.